The maximum atomic E-state index is 12.6. The van der Waals surface area contributed by atoms with Gasteiger partial charge in [-0.1, -0.05) is 0 Å². The number of rotatable bonds is 3. The van der Waals surface area contributed by atoms with Crippen LogP contribution in [0.1, 0.15) is 41.6 Å². The zero-order valence-electron chi connectivity index (χ0n) is 14.2. The first kappa shape index (κ1) is 16.7. The van der Waals surface area contributed by atoms with Gasteiger partial charge < -0.3 is 14.7 Å². The minimum atomic E-state index is -0.997. The fourth-order valence-corrected chi connectivity index (χ4v) is 4.49. The molecule has 2 aromatic heterocycles. The molecule has 1 spiro atoms. The summed E-state index contributed by atoms with van der Waals surface area (Å²) in [4.78, 5) is 18.7. The van der Waals surface area contributed by atoms with E-state index in [-0.39, 0.29) is 18.1 Å². The van der Waals surface area contributed by atoms with E-state index in [0.29, 0.717) is 25.1 Å². The molecule has 2 aromatic rings. The van der Waals surface area contributed by atoms with Crippen LogP contribution in [0.25, 0.3) is 0 Å². The van der Waals surface area contributed by atoms with Gasteiger partial charge in [-0.2, -0.15) is 5.10 Å². The highest BCUT2D eigenvalue weighted by Crippen LogP contribution is 2.45. The summed E-state index contributed by atoms with van der Waals surface area (Å²) in [5, 5.41) is 17.6. The van der Waals surface area contributed by atoms with Crippen molar-refractivity contribution in [3.63, 3.8) is 0 Å². The van der Waals surface area contributed by atoms with Gasteiger partial charge in [0.1, 0.15) is 10.6 Å². The van der Waals surface area contributed by atoms with Crippen molar-refractivity contribution in [3.8, 4) is 0 Å². The summed E-state index contributed by atoms with van der Waals surface area (Å²) in [7, 11) is 0. The lowest BCUT2D eigenvalue weighted by molar-refractivity contribution is -0.0431. The first-order valence-corrected chi connectivity index (χ1v) is 9.50. The molecule has 7 nitrogen and oxygen atoms in total. The van der Waals surface area contributed by atoms with Gasteiger partial charge in [-0.3, -0.25) is 9.48 Å². The van der Waals surface area contributed by atoms with E-state index in [0.717, 1.165) is 24.4 Å². The maximum Gasteiger partial charge on any atom is 0.257 e. The van der Waals surface area contributed by atoms with Crippen LogP contribution in [0.3, 0.4) is 0 Å². The van der Waals surface area contributed by atoms with Crippen LogP contribution in [-0.4, -0.2) is 56.0 Å². The number of thiazole rings is 1. The first-order valence-electron chi connectivity index (χ1n) is 8.62. The number of hydrogen-bond donors (Lipinski definition) is 1. The first-order chi connectivity index (χ1) is 12.0. The van der Waals surface area contributed by atoms with Crippen LogP contribution in [0.2, 0.25) is 0 Å². The molecular formula is C17H22N4O3S. The second-order valence-corrected chi connectivity index (χ2v) is 7.79. The summed E-state index contributed by atoms with van der Waals surface area (Å²) in [5.74, 6) is 0.0164. The van der Waals surface area contributed by atoms with Gasteiger partial charge in [-0.25, -0.2) is 4.98 Å². The molecule has 25 heavy (non-hydrogen) atoms. The van der Waals surface area contributed by atoms with Gasteiger partial charge in [0.05, 0.1) is 24.0 Å². The van der Waals surface area contributed by atoms with Gasteiger partial charge in [-0.15, -0.1) is 11.3 Å². The highest BCUT2D eigenvalue weighted by atomic mass is 32.1. The third-order valence-electron chi connectivity index (χ3n) is 5.23. The molecule has 0 unspecified atom stereocenters. The molecule has 2 aliphatic rings. The van der Waals surface area contributed by atoms with Crippen LogP contribution < -0.4 is 0 Å². The summed E-state index contributed by atoms with van der Waals surface area (Å²) < 4.78 is 7.80. The number of hydrogen-bond acceptors (Lipinski definition) is 6. The van der Waals surface area contributed by atoms with Crippen molar-refractivity contribution in [2.24, 2.45) is 0 Å². The lowest BCUT2D eigenvalue weighted by atomic mass is 9.83. The molecule has 134 valence electrons. The predicted octanol–water partition coefficient (Wildman–Crippen LogP) is 1.64. The van der Waals surface area contributed by atoms with Gasteiger partial charge in [0.2, 0.25) is 0 Å². The van der Waals surface area contributed by atoms with Crippen molar-refractivity contribution >= 4 is 17.2 Å². The van der Waals surface area contributed by atoms with Crippen LogP contribution in [-0.2, 0) is 16.9 Å². The number of nitrogens with zero attached hydrogens (tertiary/aromatic N) is 4. The third-order valence-corrected chi connectivity index (χ3v) is 6.19. The number of aliphatic hydroxyl groups is 1. The zero-order valence-corrected chi connectivity index (χ0v) is 15.0. The van der Waals surface area contributed by atoms with Gasteiger partial charge in [0.25, 0.3) is 5.91 Å². The normalized spacial score (nSPS) is 25.6. The molecule has 2 fully saturated rings. The number of aryl methyl sites for hydroxylation is 1. The van der Waals surface area contributed by atoms with Gasteiger partial charge in [-0.05, 0) is 19.8 Å². The summed E-state index contributed by atoms with van der Waals surface area (Å²) in [6, 6.07) is 0. The van der Waals surface area contributed by atoms with Crippen LogP contribution in [0.15, 0.2) is 24.0 Å². The Labute approximate surface area is 150 Å². The highest BCUT2D eigenvalue weighted by molar-refractivity contribution is 7.09. The van der Waals surface area contributed by atoms with E-state index in [9.17, 15) is 9.90 Å². The monoisotopic (exact) mass is 362 g/mol. The molecule has 2 saturated heterocycles. The van der Waals surface area contributed by atoms with E-state index < -0.39 is 5.60 Å². The largest absolute Gasteiger partial charge is 0.380 e. The molecule has 0 radical (unpaired) electrons. The lowest BCUT2D eigenvalue weighted by Crippen LogP contribution is -2.47. The van der Waals surface area contributed by atoms with E-state index in [2.05, 4.69) is 10.1 Å². The number of piperidine rings is 1. The zero-order chi connectivity index (χ0) is 17.5. The van der Waals surface area contributed by atoms with Crippen LogP contribution in [0.4, 0.5) is 0 Å². The number of carbonyl (C=O) groups is 1. The van der Waals surface area contributed by atoms with Crippen molar-refractivity contribution in [2.45, 2.75) is 43.9 Å². The fraction of sp³-hybridized carbons (Fsp3) is 0.588. The Hall–Kier alpha value is -1.77. The Morgan fingerprint density at radius 1 is 1.44 bits per heavy atom. The molecule has 0 aromatic carbocycles. The molecule has 0 saturated carbocycles. The third kappa shape index (κ3) is 2.98. The number of ether oxygens (including phenoxy) is 1. The molecular weight excluding hydrogens is 340 g/mol. The number of aromatic nitrogens is 3. The SMILES string of the molecule is CCn1cc(C(=O)N2CCC3(CC2)C[C@](O)(c2nccs2)CO3)cn1. The fourth-order valence-electron chi connectivity index (χ4n) is 3.77. The maximum absolute atomic E-state index is 12.6. The number of likely N-dealkylation sites (tertiary alicyclic amines) is 1. The number of amides is 1. The van der Waals surface area contributed by atoms with E-state index >= 15 is 0 Å². The van der Waals surface area contributed by atoms with Crippen molar-refractivity contribution in [1.29, 1.82) is 0 Å². The van der Waals surface area contributed by atoms with Gasteiger partial charge in [0.15, 0.2) is 0 Å². The van der Waals surface area contributed by atoms with Crippen LogP contribution in [0, 0.1) is 0 Å². The molecule has 1 N–H and O–H groups in total. The summed E-state index contributed by atoms with van der Waals surface area (Å²) in [6.45, 7) is 4.28. The molecule has 4 rings (SSSR count). The molecule has 0 bridgehead atoms. The predicted molar refractivity (Wildman–Crippen MR) is 92.3 cm³/mol. The van der Waals surface area contributed by atoms with E-state index in [1.807, 2.05) is 17.2 Å². The Kier molecular flexibility index (Phi) is 4.13. The minimum absolute atomic E-state index is 0.0164. The second-order valence-electron chi connectivity index (χ2n) is 6.89. The van der Waals surface area contributed by atoms with Crippen molar-refractivity contribution in [2.75, 3.05) is 19.7 Å². The summed E-state index contributed by atoms with van der Waals surface area (Å²) >= 11 is 1.46. The molecule has 0 aliphatic carbocycles. The molecule has 8 heteroatoms. The van der Waals surface area contributed by atoms with Gasteiger partial charge >= 0.3 is 0 Å². The second kappa shape index (κ2) is 6.19. The molecule has 2 aliphatic heterocycles. The Morgan fingerprint density at radius 2 is 2.24 bits per heavy atom. The smallest absolute Gasteiger partial charge is 0.257 e. The Bertz CT molecular complexity index is 752. The minimum Gasteiger partial charge on any atom is -0.380 e. The number of carbonyl (C=O) groups excluding carboxylic acids is 1. The van der Waals surface area contributed by atoms with E-state index in [1.165, 1.54) is 11.3 Å². The summed E-state index contributed by atoms with van der Waals surface area (Å²) in [6.07, 6.45) is 7.14. The molecule has 4 heterocycles. The molecule has 1 amide bonds. The highest BCUT2D eigenvalue weighted by Gasteiger charge is 2.52. The van der Waals surface area contributed by atoms with Crippen LogP contribution >= 0.6 is 11.3 Å². The quantitative estimate of drug-likeness (QED) is 0.898. The molecule has 1 atom stereocenters. The summed E-state index contributed by atoms with van der Waals surface area (Å²) in [5.41, 5.74) is -0.725. The van der Waals surface area contributed by atoms with E-state index in [1.54, 1.807) is 23.3 Å². The Morgan fingerprint density at radius 3 is 2.88 bits per heavy atom. The topological polar surface area (TPSA) is 80.5 Å². The van der Waals surface area contributed by atoms with Crippen molar-refractivity contribution in [3.05, 3.63) is 34.5 Å². The van der Waals surface area contributed by atoms with Crippen LogP contribution in [0.5, 0.6) is 0 Å². The average molecular weight is 362 g/mol. The van der Waals surface area contributed by atoms with Crippen molar-refractivity contribution in [1.82, 2.24) is 19.7 Å². The van der Waals surface area contributed by atoms with E-state index in [4.69, 9.17) is 4.74 Å². The van der Waals surface area contributed by atoms with Crippen molar-refractivity contribution < 1.29 is 14.6 Å². The Balaban J connectivity index is 1.41. The average Bonchev–Trinajstić information content (AvgIpc) is 3.36. The van der Waals surface area contributed by atoms with Gasteiger partial charge in [0, 0.05) is 43.8 Å². The lowest BCUT2D eigenvalue weighted by Gasteiger charge is -2.38. The standard InChI is InChI=1S/C17H22N4O3S/c1-2-21-10-13(9-19-21)14(22)20-6-3-16(4-7-20)11-17(23,12-24-16)15-18-5-8-25-15/h5,8-10,23H,2-4,6-7,11-12H2,1H3/t17-/m1/s1.